The monoisotopic (exact) mass is 253 g/mol. The maximum absolute atomic E-state index is 11.9. The molecule has 0 bridgehead atoms. The van der Waals surface area contributed by atoms with Crippen molar-refractivity contribution >= 4 is 17.1 Å². The van der Waals surface area contributed by atoms with Crippen molar-refractivity contribution in [2.45, 2.75) is 6.61 Å². The minimum Gasteiger partial charge on any atom is -0.443 e. The van der Waals surface area contributed by atoms with Gasteiger partial charge in [-0.05, 0) is 17.7 Å². The highest BCUT2D eigenvalue weighted by molar-refractivity contribution is 5.84. The second-order valence-corrected chi connectivity index (χ2v) is 4.03. The zero-order valence-electron chi connectivity index (χ0n) is 10.1. The zero-order valence-corrected chi connectivity index (χ0v) is 10.1. The molecule has 0 atom stereocenters. The minimum atomic E-state index is -0.530. The van der Waals surface area contributed by atoms with Crippen LogP contribution < -0.4 is 0 Å². The van der Waals surface area contributed by atoms with Gasteiger partial charge in [-0.15, -0.1) is 9.78 Å². The lowest BCUT2D eigenvalue weighted by Gasteiger charge is -2.04. The number of carbonyl (C=O) groups is 1. The van der Waals surface area contributed by atoms with Crippen LogP contribution in [0.4, 0.5) is 4.79 Å². The summed E-state index contributed by atoms with van der Waals surface area (Å²) in [5.74, 6) is 0. The highest BCUT2D eigenvalue weighted by atomic mass is 16.6. The Bertz CT molecular complexity index is 707. The van der Waals surface area contributed by atoms with Crippen molar-refractivity contribution in [1.29, 1.82) is 0 Å². The molecular formula is C14H11N3O2. The second kappa shape index (κ2) is 4.89. The maximum Gasteiger partial charge on any atom is 0.437 e. The first kappa shape index (κ1) is 11.4. The van der Waals surface area contributed by atoms with Crippen molar-refractivity contribution in [3.63, 3.8) is 0 Å². The number of aromatic nitrogens is 3. The Morgan fingerprint density at radius 2 is 1.79 bits per heavy atom. The number of hydrogen-bond donors (Lipinski definition) is 0. The van der Waals surface area contributed by atoms with E-state index in [1.54, 1.807) is 12.1 Å². The summed E-state index contributed by atoms with van der Waals surface area (Å²) in [7, 11) is 0. The molecule has 5 nitrogen and oxygen atoms in total. The first-order valence-electron chi connectivity index (χ1n) is 5.86. The summed E-state index contributed by atoms with van der Waals surface area (Å²) >= 11 is 0. The molecule has 1 heterocycles. The van der Waals surface area contributed by atoms with E-state index in [1.807, 2.05) is 42.5 Å². The molecule has 5 heteroatoms. The molecule has 19 heavy (non-hydrogen) atoms. The third kappa shape index (κ3) is 2.30. The summed E-state index contributed by atoms with van der Waals surface area (Å²) in [5, 5.41) is 7.71. The average molecular weight is 253 g/mol. The summed E-state index contributed by atoms with van der Waals surface area (Å²) in [5.41, 5.74) is 2.24. The van der Waals surface area contributed by atoms with Crippen LogP contribution in [0.15, 0.2) is 54.6 Å². The van der Waals surface area contributed by atoms with E-state index in [1.165, 1.54) is 0 Å². The van der Waals surface area contributed by atoms with E-state index in [0.29, 0.717) is 11.0 Å². The number of hydrogen-bond acceptors (Lipinski definition) is 4. The van der Waals surface area contributed by atoms with Crippen LogP contribution in [0.2, 0.25) is 0 Å². The summed E-state index contributed by atoms with van der Waals surface area (Å²) in [6.07, 6.45) is -0.530. The molecule has 0 aliphatic carbocycles. The molecule has 0 N–H and O–H groups in total. The number of para-hydroxylation sites is 1. The van der Waals surface area contributed by atoms with Crippen molar-refractivity contribution in [1.82, 2.24) is 15.0 Å². The molecule has 0 radical (unpaired) electrons. The van der Waals surface area contributed by atoms with Gasteiger partial charge in [0.05, 0.1) is 0 Å². The van der Waals surface area contributed by atoms with E-state index in [2.05, 4.69) is 10.3 Å². The van der Waals surface area contributed by atoms with Gasteiger partial charge in [0.25, 0.3) is 0 Å². The fourth-order valence-electron chi connectivity index (χ4n) is 1.78. The third-order valence-electron chi connectivity index (χ3n) is 2.73. The smallest absolute Gasteiger partial charge is 0.437 e. The van der Waals surface area contributed by atoms with Gasteiger partial charge < -0.3 is 4.74 Å². The van der Waals surface area contributed by atoms with Gasteiger partial charge in [0, 0.05) is 0 Å². The van der Waals surface area contributed by atoms with Crippen LogP contribution >= 0.6 is 0 Å². The third-order valence-corrected chi connectivity index (χ3v) is 2.73. The second-order valence-electron chi connectivity index (χ2n) is 4.03. The fraction of sp³-hybridized carbons (Fsp3) is 0.0714. The molecule has 0 aliphatic rings. The first-order chi connectivity index (χ1) is 9.34. The number of fused-ring (bicyclic) bond motifs is 1. The summed E-state index contributed by atoms with van der Waals surface area (Å²) in [6.45, 7) is 0.216. The molecule has 0 spiro atoms. The molecule has 0 amide bonds. The number of rotatable bonds is 2. The van der Waals surface area contributed by atoms with Crippen LogP contribution in [0.5, 0.6) is 0 Å². The lowest BCUT2D eigenvalue weighted by Crippen LogP contribution is -2.15. The van der Waals surface area contributed by atoms with Crippen molar-refractivity contribution in [3.05, 3.63) is 60.2 Å². The van der Waals surface area contributed by atoms with Gasteiger partial charge >= 0.3 is 6.09 Å². The van der Waals surface area contributed by atoms with E-state index in [4.69, 9.17) is 4.74 Å². The van der Waals surface area contributed by atoms with E-state index in [9.17, 15) is 4.79 Å². The molecular weight excluding hydrogens is 242 g/mol. The van der Waals surface area contributed by atoms with E-state index in [-0.39, 0.29) is 6.61 Å². The van der Waals surface area contributed by atoms with E-state index in [0.717, 1.165) is 10.2 Å². The lowest BCUT2D eigenvalue weighted by molar-refractivity contribution is 0.138. The topological polar surface area (TPSA) is 57.0 Å². The van der Waals surface area contributed by atoms with Crippen LogP contribution in [0.1, 0.15) is 5.56 Å². The molecule has 2 aromatic carbocycles. The Kier molecular flexibility index (Phi) is 2.94. The number of ether oxygens (including phenoxy) is 1. The van der Waals surface area contributed by atoms with Crippen LogP contribution in [-0.2, 0) is 11.3 Å². The molecule has 0 fully saturated rings. The predicted molar refractivity (Wildman–Crippen MR) is 69.6 cm³/mol. The summed E-state index contributed by atoms with van der Waals surface area (Å²) in [6, 6.07) is 16.7. The Morgan fingerprint density at radius 3 is 2.63 bits per heavy atom. The van der Waals surface area contributed by atoms with Crippen molar-refractivity contribution in [2.75, 3.05) is 0 Å². The minimum absolute atomic E-state index is 0.216. The number of carbonyl (C=O) groups excluding carboxylic acids is 1. The van der Waals surface area contributed by atoms with Crippen LogP contribution in [-0.4, -0.2) is 21.1 Å². The molecule has 94 valence electrons. The van der Waals surface area contributed by atoms with Crippen LogP contribution in [0.25, 0.3) is 11.0 Å². The van der Waals surface area contributed by atoms with Crippen LogP contribution in [0, 0.1) is 0 Å². The Balaban J connectivity index is 1.77. The lowest BCUT2D eigenvalue weighted by atomic mass is 10.2. The zero-order chi connectivity index (χ0) is 13.1. The SMILES string of the molecule is O=C(OCc1ccccc1)n1nnc2ccccc21. The highest BCUT2D eigenvalue weighted by Crippen LogP contribution is 2.10. The number of benzene rings is 2. The van der Waals surface area contributed by atoms with Gasteiger partial charge in [0.2, 0.25) is 0 Å². The van der Waals surface area contributed by atoms with E-state index >= 15 is 0 Å². The predicted octanol–water partition coefficient (Wildman–Crippen LogP) is 2.62. The van der Waals surface area contributed by atoms with Crippen LogP contribution in [0.3, 0.4) is 0 Å². The Labute approximate surface area is 109 Å². The van der Waals surface area contributed by atoms with Gasteiger partial charge in [0.15, 0.2) is 0 Å². The molecule has 0 unspecified atom stereocenters. The van der Waals surface area contributed by atoms with Gasteiger partial charge in [0.1, 0.15) is 17.6 Å². The molecule has 0 saturated carbocycles. The molecule has 3 rings (SSSR count). The largest absolute Gasteiger partial charge is 0.443 e. The highest BCUT2D eigenvalue weighted by Gasteiger charge is 2.12. The Hall–Kier alpha value is -2.69. The van der Waals surface area contributed by atoms with Crippen molar-refractivity contribution in [2.24, 2.45) is 0 Å². The number of nitrogens with zero attached hydrogens (tertiary/aromatic N) is 3. The molecule has 3 aromatic rings. The van der Waals surface area contributed by atoms with Gasteiger partial charge in [-0.1, -0.05) is 47.7 Å². The molecule has 1 aromatic heterocycles. The van der Waals surface area contributed by atoms with E-state index < -0.39 is 6.09 Å². The standard InChI is InChI=1S/C14H11N3O2/c18-14(19-10-11-6-2-1-3-7-11)17-13-9-5-4-8-12(13)15-16-17/h1-9H,10H2. The molecule has 0 aliphatic heterocycles. The first-order valence-corrected chi connectivity index (χ1v) is 5.86. The van der Waals surface area contributed by atoms with Gasteiger partial charge in [-0.3, -0.25) is 0 Å². The average Bonchev–Trinajstić information content (AvgIpc) is 2.90. The summed E-state index contributed by atoms with van der Waals surface area (Å²) in [4.78, 5) is 11.9. The normalized spacial score (nSPS) is 10.5. The Morgan fingerprint density at radius 1 is 1.05 bits per heavy atom. The molecule has 0 saturated heterocycles. The quantitative estimate of drug-likeness (QED) is 0.704. The van der Waals surface area contributed by atoms with Gasteiger partial charge in [-0.25, -0.2) is 4.79 Å². The summed E-state index contributed by atoms with van der Waals surface area (Å²) < 4.78 is 6.37. The van der Waals surface area contributed by atoms with Crippen molar-refractivity contribution < 1.29 is 9.53 Å². The van der Waals surface area contributed by atoms with Gasteiger partial charge in [-0.2, -0.15) is 0 Å². The maximum atomic E-state index is 11.9. The van der Waals surface area contributed by atoms with Crippen molar-refractivity contribution in [3.8, 4) is 0 Å². The fourth-order valence-corrected chi connectivity index (χ4v) is 1.78.